The van der Waals surface area contributed by atoms with Gasteiger partial charge in [-0.3, -0.25) is 0 Å². The van der Waals surface area contributed by atoms with Gasteiger partial charge in [0.05, 0.1) is 12.0 Å². The maximum atomic E-state index is 14.1. The lowest BCUT2D eigenvalue weighted by atomic mass is 9.73. The summed E-state index contributed by atoms with van der Waals surface area (Å²) in [5.41, 5.74) is -2.35. The Kier molecular flexibility index (Phi) is 8.45. The van der Waals surface area contributed by atoms with Gasteiger partial charge in [0.2, 0.25) is 0 Å². The largest absolute Gasteiger partial charge is 0.573 e. The van der Waals surface area contributed by atoms with Crippen LogP contribution in [0.1, 0.15) is 32.1 Å². The molecule has 0 aromatic heterocycles. The van der Waals surface area contributed by atoms with Crippen molar-refractivity contribution in [1.82, 2.24) is 0 Å². The quantitative estimate of drug-likeness (QED) is 0.347. The molecule has 1 saturated carbocycles. The molecule has 1 aliphatic carbocycles. The summed E-state index contributed by atoms with van der Waals surface area (Å²) >= 11 is 0. The van der Waals surface area contributed by atoms with Crippen LogP contribution < -0.4 is 14.4 Å². The second-order valence-electron chi connectivity index (χ2n) is 8.90. The van der Waals surface area contributed by atoms with Crippen LogP contribution in [0.4, 0.5) is 45.2 Å². The number of nitrogens with zero attached hydrogens (tertiary/aromatic N) is 1. The molecule has 1 unspecified atom stereocenters. The lowest BCUT2D eigenvalue weighted by Gasteiger charge is -2.43. The molecule has 3 rings (SSSR count). The summed E-state index contributed by atoms with van der Waals surface area (Å²) in [6, 6.07) is 9.53. The van der Waals surface area contributed by atoms with Crippen molar-refractivity contribution in [3.8, 4) is 17.2 Å². The number of halogens is 9. The van der Waals surface area contributed by atoms with Gasteiger partial charge < -0.3 is 19.5 Å². The molecular weight excluding hydrogens is 521 g/mol. The summed E-state index contributed by atoms with van der Waals surface area (Å²) in [6.07, 6.45) is -17.1. The number of aliphatic hydroxyl groups excluding tert-OH is 1. The van der Waals surface area contributed by atoms with E-state index in [9.17, 15) is 44.6 Å². The second kappa shape index (κ2) is 10.9. The first-order valence-electron chi connectivity index (χ1n) is 11.3. The topological polar surface area (TPSA) is 41.9 Å². The van der Waals surface area contributed by atoms with Crippen LogP contribution in [0, 0.1) is 5.41 Å². The fourth-order valence-electron chi connectivity index (χ4n) is 4.31. The van der Waals surface area contributed by atoms with Crippen LogP contribution in [0.15, 0.2) is 48.5 Å². The normalized spacial score (nSPS) is 17.2. The zero-order chi connectivity index (χ0) is 27.5. The van der Waals surface area contributed by atoms with Crippen LogP contribution in [0.5, 0.6) is 17.2 Å². The Bertz CT molecular complexity index is 1030. The fraction of sp³-hybridized carbons (Fsp3) is 0.500. The third-order valence-corrected chi connectivity index (χ3v) is 6.13. The number of ether oxygens (including phenoxy) is 2. The first-order valence-corrected chi connectivity index (χ1v) is 11.3. The number of hydrogen-bond acceptors (Lipinski definition) is 4. The van der Waals surface area contributed by atoms with Gasteiger partial charge in [-0.1, -0.05) is 31.4 Å². The van der Waals surface area contributed by atoms with E-state index >= 15 is 0 Å². The van der Waals surface area contributed by atoms with E-state index in [0.717, 1.165) is 23.1 Å². The highest BCUT2D eigenvalue weighted by atomic mass is 19.4. The summed E-state index contributed by atoms with van der Waals surface area (Å²) in [4.78, 5) is 0.826. The van der Waals surface area contributed by atoms with Gasteiger partial charge in [-0.25, -0.2) is 0 Å². The van der Waals surface area contributed by atoms with Gasteiger partial charge in [-0.15, -0.1) is 13.2 Å². The van der Waals surface area contributed by atoms with Gasteiger partial charge in [-0.2, -0.15) is 26.3 Å². The maximum absolute atomic E-state index is 14.1. The van der Waals surface area contributed by atoms with Crippen molar-refractivity contribution in [2.75, 3.05) is 18.0 Å². The van der Waals surface area contributed by atoms with Gasteiger partial charge in [0.25, 0.3) is 0 Å². The molecule has 2 aromatic carbocycles. The Hall–Kier alpha value is -2.83. The Morgan fingerprint density at radius 1 is 0.811 bits per heavy atom. The molecule has 13 heteroatoms. The van der Waals surface area contributed by atoms with E-state index in [1.807, 2.05) is 0 Å². The molecule has 0 bridgehead atoms. The third kappa shape index (κ3) is 7.83. The predicted octanol–water partition coefficient (Wildman–Crippen LogP) is 7.62. The molecule has 0 amide bonds. The molecule has 0 spiro atoms. The lowest BCUT2D eigenvalue weighted by molar-refractivity contribution is -0.274. The Labute approximate surface area is 206 Å². The van der Waals surface area contributed by atoms with Crippen LogP contribution in [0.25, 0.3) is 0 Å². The molecule has 1 aliphatic rings. The highest BCUT2D eigenvalue weighted by molar-refractivity contribution is 5.52. The van der Waals surface area contributed by atoms with Crippen LogP contribution in [0.3, 0.4) is 0 Å². The molecule has 4 nitrogen and oxygen atoms in total. The van der Waals surface area contributed by atoms with Crippen molar-refractivity contribution in [2.45, 2.75) is 56.9 Å². The summed E-state index contributed by atoms with van der Waals surface area (Å²) < 4.78 is 129. The van der Waals surface area contributed by atoms with Crippen LogP contribution in [-0.2, 0) is 0 Å². The van der Waals surface area contributed by atoms with Crippen molar-refractivity contribution in [3.63, 3.8) is 0 Å². The SMILES string of the molecule is OC(CN(CC1(C(F)(F)F)CCCCC1)c1cccc(Oc2cccc(OC(F)(F)F)c2)c1)C(F)(F)F. The van der Waals surface area contributed by atoms with Crippen LogP contribution >= 0.6 is 0 Å². The van der Waals surface area contributed by atoms with E-state index in [2.05, 4.69) is 4.74 Å². The molecule has 0 heterocycles. The van der Waals surface area contributed by atoms with E-state index in [1.54, 1.807) is 0 Å². The van der Waals surface area contributed by atoms with Crippen molar-refractivity contribution in [1.29, 1.82) is 0 Å². The predicted molar refractivity (Wildman–Crippen MR) is 115 cm³/mol. The van der Waals surface area contributed by atoms with Crippen molar-refractivity contribution in [3.05, 3.63) is 48.5 Å². The van der Waals surface area contributed by atoms with Gasteiger partial charge in [0.15, 0.2) is 6.10 Å². The number of benzene rings is 2. The molecule has 37 heavy (non-hydrogen) atoms. The number of hydrogen-bond donors (Lipinski definition) is 1. The fourth-order valence-corrected chi connectivity index (χ4v) is 4.31. The first-order chi connectivity index (χ1) is 17.1. The molecule has 0 saturated heterocycles. The second-order valence-corrected chi connectivity index (χ2v) is 8.90. The van der Waals surface area contributed by atoms with Gasteiger partial charge in [0, 0.05) is 24.4 Å². The summed E-state index contributed by atoms with van der Waals surface area (Å²) in [6.45, 7) is -1.97. The molecule has 0 aliphatic heterocycles. The number of alkyl halides is 9. The maximum Gasteiger partial charge on any atom is 0.573 e. The zero-order valence-corrected chi connectivity index (χ0v) is 19.3. The zero-order valence-electron chi connectivity index (χ0n) is 19.3. The van der Waals surface area contributed by atoms with Crippen molar-refractivity contribution >= 4 is 5.69 Å². The summed E-state index contributed by atoms with van der Waals surface area (Å²) in [7, 11) is 0. The monoisotopic (exact) mass is 545 g/mol. The molecule has 0 radical (unpaired) electrons. The van der Waals surface area contributed by atoms with E-state index in [-0.39, 0.29) is 42.9 Å². The van der Waals surface area contributed by atoms with Gasteiger partial charge >= 0.3 is 18.7 Å². The average Bonchev–Trinajstić information content (AvgIpc) is 2.77. The Morgan fingerprint density at radius 2 is 1.38 bits per heavy atom. The molecule has 206 valence electrons. The minimum atomic E-state index is -5.07. The van der Waals surface area contributed by atoms with Crippen LogP contribution in [0.2, 0.25) is 0 Å². The number of aliphatic hydroxyl groups is 1. The number of anilines is 1. The third-order valence-electron chi connectivity index (χ3n) is 6.13. The Balaban J connectivity index is 1.91. The standard InChI is InChI=1S/C24H24F9NO3/c25-22(26,27)20(35)14-34(15-21(23(28,29)30)10-2-1-3-11-21)16-6-4-7-17(12-16)36-18-8-5-9-19(13-18)37-24(31,32)33/h4-9,12-13,20,35H,1-3,10-11,14-15H2. The minimum Gasteiger partial charge on any atom is -0.457 e. The highest BCUT2D eigenvalue weighted by Gasteiger charge is 2.55. The van der Waals surface area contributed by atoms with E-state index in [4.69, 9.17) is 4.74 Å². The molecule has 1 N–H and O–H groups in total. The van der Waals surface area contributed by atoms with Crippen LogP contribution in [-0.4, -0.2) is 43.0 Å². The van der Waals surface area contributed by atoms with E-state index in [1.165, 1.54) is 30.3 Å². The Morgan fingerprint density at radius 3 is 1.95 bits per heavy atom. The first kappa shape index (κ1) is 28.7. The van der Waals surface area contributed by atoms with Gasteiger partial charge in [-0.05, 0) is 37.1 Å². The summed E-state index contributed by atoms with van der Waals surface area (Å²) in [5.74, 6) is -0.752. The highest BCUT2D eigenvalue weighted by Crippen LogP contribution is 2.50. The smallest absolute Gasteiger partial charge is 0.457 e. The van der Waals surface area contributed by atoms with E-state index < -0.39 is 49.1 Å². The minimum absolute atomic E-state index is 0.0575. The van der Waals surface area contributed by atoms with Crippen molar-refractivity contribution < 1.29 is 54.1 Å². The molecular formula is C24H24F9NO3. The molecule has 2 aromatic rings. The van der Waals surface area contributed by atoms with Crippen molar-refractivity contribution in [2.24, 2.45) is 5.41 Å². The lowest BCUT2D eigenvalue weighted by Crippen LogP contribution is -2.51. The summed E-state index contributed by atoms with van der Waals surface area (Å²) in [5, 5.41) is 9.68. The number of rotatable bonds is 8. The molecule has 1 fully saturated rings. The van der Waals surface area contributed by atoms with E-state index in [0.29, 0.717) is 6.42 Å². The molecule has 1 atom stereocenters. The average molecular weight is 545 g/mol. The van der Waals surface area contributed by atoms with Gasteiger partial charge in [0.1, 0.15) is 17.2 Å².